The first-order valence-electron chi connectivity index (χ1n) is 8.35. The predicted octanol–water partition coefficient (Wildman–Crippen LogP) is 4.79. The van der Waals surface area contributed by atoms with E-state index in [2.05, 4.69) is 19.1 Å². The highest BCUT2D eigenvalue weighted by molar-refractivity contribution is 5.69. The summed E-state index contributed by atoms with van der Waals surface area (Å²) in [6, 6.07) is 0. The van der Waals surface area contributed by atoms with E-state index in [1.165, 1.54) is 6.42 Å². The fraction of sp³-hybridized carbons (Fsp3) is 0.833. The molecule has 3 atom stereocenters. The summed E-state index contributed by atoms with van der Waals surface area (Å²) in [5.41, 5.74) is -0.652. The van der Waals surface area contributed by atoms with E-state index < -0.39 is 11.6 Å². The number of carboxylic acid groups (broad SMARTS) is 1. The van der Waals surface area contributed by atoms with Crippen LogP contribution in [-0.4, -0.2) is 21.8 Å². The molecule has 3 heteroatoms. The largest absolute Gasteiger partial charge is 0.481 e. The zero-order chi connectivity index (χ0) is 16.3. The molecular formula is C18H34O3. The zero-order valence-corrected chi connectivity index (χ0v) is 14.3. The molecule has 0 bridgehead atoms. The number of allylic oxidation sites excluding steroid dienone is 2. The summed E-state index contributed by atoms with van der Waals surface area (Å²) in [6.45, 7) is 7.92. The fourth-order valence-electron chi connectivity index (χ4n) is 2.56. The number of aliphatic hydroxyl groups is 1. The molecule has 0 rings (SSSR count). The monoisotopic (exact) mass is 298 g/mol. The molecule has 0 spiro atoms. The summed E-state index contributed by atoms with van der Waals surface area (Å²) in [4.78, 5) is 10.7. The lowest BCUT2D eigenvalue weighted by atomic mass is 9.89. The minimum atomic E-state index is -0.746. The summed E-state index contributed by atoms with van der Waals surface area (Å²) in [6.07, 6.45) is 11.8. The van der Waals surface area contributed by atoms with Crippen LogP contribution >= 0.6 is 0 Å². The van der Waals surface area contributed by atoms with E-state index in [4.69, 9.17) is 5.11 Å². The molecule has 0 aromatic heterocycles. The van der Waals surface area contributed by atoms with Crippen LogP contribution in [0.2, 0.25) is 0 Å². The molecule has 0 radical (unpaired) electrons. The van der Waals surface area contributed by atoms with Gasteiger partial charge >= 0.3 is 5.97 Å². The van der Waals surface area contributed by atoms with Gasteiger partial charge in [0.25, 0.3) is 0 Å². The van der Waals surface area contributed by atoms with Crippen molar-refractivity contribution in [2.45, 2.75) is 84.7 Å². The van der Waals surface area contributed by atoms with Crippen LogP contribution in [0.1, 0.15) is 79.1 Å². The van der Waals surface area contributed by atoms with E-state index in [0.717, 1.165) is 32.1 Å². The van der Waals surface area contributed by atoms with Crippen molar-refractivity contribution in [3.8, 4) is 0 Å². The van der Waals surface area contributed by atoms with Gasteiger partial charge in [-0.25, -0.2) is 0 Å². The molecule has 0 saturated heterocycles. The van der Waals surface area contributed by atoms with Gasteiger partial charge in [0.05, 0.1) is 11.5 Å². The Bertz CT molecular complexity index is 308. The van der Waals surface area contributed by atoms with Crippen molar-refractivity contribution < 1.29 is 15.0 Å². The summed E-state index contributed by atoms with van der Waals surface area (Å²) in [7, 11) is 0. The highest BCUT2D eigenvalue weighted by Crippen LogP contribution is 2.24. The van der Waals surface area contributed by atoms with E-state index in [0.29, 0.717) is 18.8 Å². The van der Waals surface area contributed by atoms with Crippen LogP contribution < -0.4 is 0 Å². The molecule has 0 aliphatic rings. The number of rotatable bonds is 12. The number of hydrogen-bond donors (Lipinski definition) is 2. The van der Waals surface area contributed by atoms with Crippen LogP contribution in [0.15, 0.2) is 12.2 Å². The molecule has 2 N–H and O–H groups in total. The molecule has 3 unspecified atom stereocenters. The molecule has 3 nitrogen and oxygen atoms in total. The molecule has 0 aliphatic heterocycles. The normalized spacial score (nSPS) is 17.6. The van der Waals surface area contributed by atoms with E-state index in [9.17, 15) is 9.90 Å². The summed E-state index contributed by atoms with van der Waals surface area (Å²) in [5, 5.41) is 19.2. The molecule has 0 aliphatic carbocycles. The second-order valence-corrected chi connectivity index (χ2v) is 6.77. The maximum atomic E-state index is 10.7. The van der Waals surface area contributed by atoms with Gasteiger partial charge in [0, 0.05) is 0 Å². The summed E-state index contributed by atoms with van der Waals surface area (Å²) >= 11 is 0. The zero-order valence-electron chi connectivity index (χ0n) is 14.3. The standard InChI is InChI=1S/C18H34O3/c1-5-6-7-10-15(2)11-8-13-18(4,21)14-9-12-16(3)17(19)20/h5-6,15-16,21H,7-14H2,1-4H3,(H,19,20). The summed E-state index contributed by atoms with van der Waals surface area (Å²) < 4.78 is 0. The van der Waals surface area contributed by atoms with E-state index in [1.807, 2.05) is 13.8 Å². The van der Waals surface area contributed by atoms with Gasteiger partial charge in [-0.15, -0.1) is 0 Å². The Labute approximate surface area is 130 Å². The van der Waals surface area contributed by atoms with Crippen LogP contribution in [-0.2, 0) is 4.79 Å². The molecule has 0 amide bonds. The minimum Gasteiger partial charge on any atom is -0.481 e. The molecular weight excluding hydrogens is 264 g/mol. The summed E-state index contributed by atoms with van der Waals surface area (Å²) in [5.74, 6) is -0.360. The lowest BCUT2D eigenvalue weighted by Crippen LogP contribution is -2.24. The highest BCUT2D eigenvalue weighted by Gasteiger charge is 2.21. The Kier molecular flexibility index (Phi) is 10.4. The number of carbonyl (C=O) groups is 1. The van der Waals surface area contributed by atoms with Crippen LogP contribution in [0, 0.1) is 11.8 Å². The first-order valence-corrected chi connectivity index (χ1v) is 8.35. The second-order valence-electron chi connectivity index (χ2n) is 6.77. The number of carboxylic acids is 1. The first-order chi connectivity index (χ1) is 9.78. The molecule has 0 aromatic rings. The van der Waals surface area contributed by atoms with Crippen LogP contribution in [0.5, 0.6) is 0 Å². The molecule has 0 saturated carbocycles. The SMILES string of the molecule is CC=CCCC(C)CCCC(C)(O)CCCC(C)C(=O)O. The van der Waals surface area contributed by atoms with Crippen molar-refractivity contribution in [2.75, 3.05) is 0 Å². The quantitative estimate of drug-likeness (QED) is 0.509. The van der Waals surface area contributed by atoms with E-state index in [-0.39, 0.29) is 5.92 Å². The second kappa shape index (κ2) is 10.8. The third-order valence-electron chi connectivity index (χ3n) is 4.25. The molecule has 21 heavy (non-hydrogen) atoms. The van der Waals surface area contributed by atoms with Gasteiger partial charge in [0.1, 0.15) is 0 Å². The Morgan fingerprint density at radius 3 is 2.24 bits per heavy atom. The lowest BCUT2D eigenvalue weighted by Gasteiger charge is -2.24. The van der Waals surface area contributed by atoms with Crippen LogP contribution in [0.4, 0.5) is 0 Å². The Balaban J connectivity index is 3.78. The average Bonchev–Trinajstić information content (AvgIpc) is 2.38. The minimum absolute atomic E-state index is 0.313. The topological polar surface area (TPSA) is 57.5 Å². The fourth-order valence-corrected chi connectivity index (χ4v) is 2.56. The van der Waals surface area contributed by atoms with Crippen molar-refractivity contribution in [2.24, 2.45) is 11.8 Å². The van der Waals surface area contributed by atoms with Gasteiger partial charge in [0.2, 0.25) is 0 Å². The van der Waals surface area contributed by atoms with Crippen molar-refractivity contribution in [3.05, 3.63) is 12.2 Å². The van der Waals surface area contributed by atoms with Crippen LogP contribution in [0.3, 0.4) is 0 Å². The van der Waals surface area contributed by atoms with Crippen molar-refractivity contribution in [1.82, 2.24) is 0 Å². The predicted molar refractivity (Wildman–Crippen MR) is 88.3 cm³/mol. The maximum Gasteiger partial charge on any atom is 0.306 e. The maximum absolute atomic E-state index is 10.7. The lowest BCUT2D eigenvalue weighted by molar-refractivity contribution is -0.141. The molecule has 0 aromatic carbocycles. The van der Waals surface area contributed by atoms with Gasteiger partial charge < -0.3 is 10.2 Å². The average molecular weight is 298 g/mol. The van der Waals surface area contributed by atoms with Gasteiger partial charge in [-0.1, -0.05) is 38.8 Å². The molecule has 124 valence electrons. The molecule has 0 fully saturated rings. The number of aliphatic carboxylic acids is 1. The van der Waals surface area contributed by atoms with Crippen molar-refractivity contribution >= 4 is 5.97 Å². The Morgan fingerprint density at radius 2 is 1.71 bits per heavy atom. The Hall–Kier alpha value is -0.830. The highest BCUT2D eigenvalue weighted by atomic mass is 16.4. The van der Waals surface area contributed by atoms with Gasteiger partial charge in [-0.3, -0.25) is 4.79 Å². The third-order valence-corrected chi connectivity index (χ3v) is 4.25. The van der Waals surface area contributed by atoms with Gasteiger partial charge in [0.15, 0.2) is 0 Å². The van der Waals surface area contributed by atoms with Gasteiger partial charge in [-0.05, 0) is 58.3 Å². The van der Waals surface area contributed by atoms with Crippen molar-refractivity contribution in [3.63, 3.8) is 0 Å². The van der Waals surface area contributed by atoms with E-state index >= 15 is 0 Å². The van der Waals surface area contributed by atoms with E-state index in [1.54, 1.807) is 6.92 Å². The van der Waals surface area contributed by atoms with Crippen molar-refractivity contribution in [1.29, 1.82) is 0 Å². The number of hydrogen-bond acceptors (Lipinski definition) is 2. The van der Waals surface area contributed by atoms with Crippen LogP contribution in [0.25, 0.3) is 0 Å². The smallest absolute Gasteiger partial charge is 0.306 e. The third kappa shape index (κ3) is 11.5. The molecule has 0 heterocycles. The Morgan fingerprint density at radius 1 is 1.14 bits per heavy atom. The van der Waals surface area contributed by atoms with Gasteiger partial charge in [-0.2, -0.15) is 0 Å². The first kappa shape index (κ1) is 20.2.